The van der Waals surface area contributed by atoms with Crippen molar-refractivity contribution in [2.75, 3.05) is 18.0 Å². The first kappa shape index (κ1) is 21.6. The summed E-state index contributed by atoms with van der Waals surface area (Å²) < 4.78 is 5.22. The highest BCUT2D eigenvalue weighted by Crippen LogP contribution is 2.34. The molecule has 7 nitrogen and oxygen atoms in total. The van der Waals surface area contributed by atoms with Gasteiger partial charge in [-0.15, -0.1) is 0 Å². The minimum absolute atomic E-state index is 0.148. The molecule has 0 radical (unpaired) electrons. The van der Waals surface area contributed by atoms with Crippen LogP contribution in [0.3, 0.4) is 0 Å². The summed E-state index contributed by atoms with van der Waals surface area (Å²) in [4.78, 5) is 31.6. The van der Waals surface area contributed by atoms with Gasteiger partial charge in [-0.3, -0.25) is 9.69 Å². The van der Waals surface area contributed by atoms with Crippen molar-refractivity contribution in [3.05, 3.63) is 35.2 Å². The van der Waals surface area contributed by atoms with Gasteiger partial charge in [-0.25, -0.2) is 9.64 Å². The van der Waals surface area contributed by atoms with Crippen LogP contribution in [0.25, 0.3) is 4.85 Å². The molecule has 2 amide bonds. The minimum Gasteiger partial charge on any atom is -0.444 e. The number of rotatable bonds is 4. The number of anilines is 1. The van der Waals surface area contributed by atoms with Crippen LogP contribution in [0.2, 0.25) is 0 Å². The second kappa shape index (κ2) is 7.76. The zero-order chi connectivity index (χ0) is 21.3. The average Bonchev–Trinajstić information content (AvgIpc) is 2.72. The Hall–Kier alpha value is -2.66. The molecule has 0 spiro atoms. The number of carbonyl (C=O) groups excluding carboxylic acids is 2. The number of amides is 2. The van der Waals surface area contributed by atoms with E-state index in [2.05, 4.69) is 10.2 Å². The monoisotopic (exact) mass is 402 g/mol. The molecule has 1 heterocycles. The lowest BCUT2D eigenvalue weighted by molar-refractivity contribution is -0.123. The number of ether oxygens (including phenoxy) is 1. The van der Waals surface area contributed by atoms with Gasteiger partial charge in [0.2, 0.25) is 0 Å². The summed E-state index contributed by atoms with van der Waals surface area (Å²) in [5, 5.41) is 3.06. The molecule has 8 heteroatoms. The van der Waals surface area contributed by atoms with Crippen LogP contribution in [0.4, 0.5) is 16.2 Å². The van der Waals surface area contributed by atoms with Gasteiger partial charge in [0.1, 0.15) is 11.1 Å². The quantitative estimate of drug-likeness (QED) is 0.613. The molecular formula is C20H26N4O3S. The predicted octanol–water partition coefficient (Wildman–Crippen LogP) is 3.78. The molecule has 1 N–H and O–H groups in total. The summed E-state index contributed by atoms with van der Waals surface area (Å²) in [6.07, 6.45) is -0.510. The number of aryl methyl sites for hydroxylation is 1. The van der Waals surface area contributed by atoms with Gasteiger partial charge in [0.05, 0.1) is 6.57 Å². The van der Waals surface area contributed by atoms with E-state index >= 15 is 0 Å². The van der Waals surface area contributed by atoms with Crippen LogP contribution in [-0.2, 0) is 9.53 Å². The Bertz CT molecular complexity index is 852. The van der Waals surface area contributed by atoms with Crippen LogP contribution in [0.5, 0.6) is 0 Å². The van der Waals surface area contributed by atoms with E-state index in [0.717, 1.165) is 5.56 Å². The largest absolute Gasteiger partial charge is 0.444 e. The van der Waals surface area contributed by atoms with E-state index in [1.54, 1.807) is 57.7 Å². The van der Waals surface area contributed by atoms with Crippen molar-refractivity contribution in [3.63, 3.8) is 0 Å². The third kappa shape index (κ3) is 4.42. The molecule has 1 aliphatic rings. The average molecular weight is 403 g/mol. The van der Waals surface area contributed by atoms with Gasteiger partial charge in [-0.05, 0) is 71.5 Å². The molecule has 2 rings (SSSR count). The molecule has 0 aromatic heterocycles. The van der Waals surface area contributed by atoms with Gasteiger partial charge in [-0.1, -0.05) is 6.07 Å². The van der Waals surface area contributed by atoms with Gasteiger partial charge in [0.25, 0.3) is 5.91 Å². The second-order valence-corrected chi connectivity index (χ2v) is 8.51. The Labute approximate surface area is 171 Å². The molecule has 1 saturated heterocycles. The maximum absolute atomic E-state index is 13.0. The molecule has 1 fully saturated rings. The highest BCUT2D eigenvalue weighted by molar-refractivity contribution is 7.80. The van der Waals surface area contributed by atoms with Crippen molar-refractivity contribution in [3.8, 4) is 0 Å². The first-order chi connectivity index (χ1) is 12.9. The summed E-state index contributed by atoms with van der Waals surface area (Å²) in [5.74, 6) is -0.148. The van der Waals surface area contributed by atoms with Crippen molar-refractivity contribution in [1.82, 2.24) is 10.2 Å². The number of nitrogens with zero attached hydrogens (tertiary/aromatic N) is 3. The molecule has 0 aliphatic carbocycles. The topological polar surface area (TPSA) is 66.2 Å². The lowest BCUT2D eigenvalue weighted by Crippen LogP contribution is -2.47. The maximum Gasteiger partial charge on any atom is 0.407 e. The SMILES string of the molecule is [C-]#[N+]c1ccc(N2C(=O)C(C)(C)N(CCNC(=O)OC(C)(C)C)C2=S)cc1C. The Morgan fingerprint density at radius 2 is 2.00 bits per heavy atom. The normalized spacial score (nSPS) is 16.2. The van der Waals surface area contributed by atoms with Gasteiger partial charge < -0.3 is 15.0 Å². The first-order valence-electron chi connectivity index (χ1n) is 8.99. The fourth-order valence-corrected chi connectivity index (χ4v) is 3.43. The molecule has 1 aromatic carbocycles. The molecular weight excluding hydrogens is 376 g/mol. The first-order valence-corrected chi connectivity index (χ1v) is 9.40. The molecule has 0 unspecified atom stereocenters. The number of nitrogens with one attached hydrogen (secondary N) is 1. The van der Waals surface area contributed by atoms with Crippen molar-refractivity contribution < 1.29 is 14.3 Å². The van der Waals surface area contributed by atoms with E-state index in [4.69, 9.17) is 23.5 Å². The standard InChI is InChI=1S/C20H26N4O3S/c1-13-12-14(8-9-15(13)21-7)24-16(25)20(5,6)23(18(24)28)11-10-22-17(26)27-19(2,3)4/h8-9,12H,10-11H2,1-6H3,(H,22,26). The number of benzene rings is 1. The molecule has 150 valence electrons. The van der Waals surface area contributed by atoms with E-state index in [-0.39, 0.29) is 12.5 Å². The van der Waals surface area contributed by atoms with Crippen LogP contribution < -0.4 is 10.2 Å². The van der Waals surface area contributed by atoms with Gasteiger partial charge >= 0.3 is 6.09 Å². The summed E-state index contributed by atoms with van der Waals surface area (Å²) in [7, 11) is 0. The van der Waals surface area contributed by atoms with E-state index in [1.165, 1.54) is 4.90 Å². The van der Waals surface area contributed by atoms with E-state index in [9.17, 15) is 9.59 Å². The fraction of sp³-hybridized carbons (Fsp3) is 0.500. The zero-order valence-corrected chi connectivity index (χ0v) is 17.9. The third-order valence-electron chi connectivity index (χ3n) is 4.39. The van der Waals surface area contributed by atoms with Crippen molar-refractivity contribution in [1.29, 1.82) is 0 Å². The predicted molar refractivity (Wildman–Crippen MR) is 113 cm³/mol. The number of hydrogen-bond donors (Lipinski definition) is 1. The number of carbonyl (C=O) groups is 2. The van der Waals surface area contributed by atoms with Gasteiger partial charge in [0, 0.05) is 18.8 Å². The van der Waals surface area contributed by atoms with Crippen molar-refractivity contribution in [2.24, 2.45) is 0 Å². The van der Waals surface area contributed by atoms with Crippen LogP contribution in [-0.4, -0.2) is 46.2 Å². The number of thiocarbonyl (C=S) groups is 1. The fourth-order valence-electron chi connectivity index (χ4n) is 2.93. The van der Waals surface area contributed by atoms with Crippen LogP contribution in [0.1, 0.15) is 40.2 Å². The third-order valence-corrected chi connectivity index (χ3v) is 4.79. The molecule has 0 atom stereocenters. The second-order valence-electron chi connectivity index (χ2n) is 8.15. The highest BCUT2D eigenvalue weighted by atomic mass is 32.1. The van der Waals surface area contributed by atoms with E-state index in [0.29, 0.717) is 23.0 Å². The van der Waals surface area contributed by atoms with Gasteiger partial charge in [0.15, 0.2) is 10.8 Å². The Kier molecular flexibility index (Phi) is 6.00. The summed E-state index contributed by atoms with van der Waals surface area (Å²) >= 11 is 5.57. The Morgan fingerprint density at radius 1 is 1.36 bits per heavy atom. The van der Waals surface area contributed by atoms with Crippen LogP contribution in [0, 0.1) is 13.5 Å². The Morgan fingerprint density at radius 3 is 2.54 bits per heavy atom. The van der Waals surface area contributed by atoms with Gasteiger partial charge in [-0.2, -0.15) is 0 Å². The molecule has 1 aliphatic heterocycles. The lowest BCUT2D eigenvalue weighted by Gasteiger charge is -2.29. The highest BCUT2D eigenvalue weighted by Gasteiger charge is 2.49. The summed E-state index contributed by atoms with van der Waals surface area (Å²) in [6.45, 7) is 18.6. The molecule has 28 heavy (non-hydrogen) atoms. The molecule has 1 aromatic rings. The van der Waals surface area contributed by atoms with Crippen molar-refractivity contribution in [2.45, 2.75) is 52.7 Å². The Balaban J connectivity index is 2.14. The minimum atomic E-state index is -0.848. The molecule has 0 saturated carbocycles. The summed E-state index contributed by atoms with van der Waals surface area (Å²) in [6, 6.07) is 5.20. The van der Waals surface area contributed by atoms with E-state index in [1.807, 2.05) is 6.92 Å². The lowest BCUT2D eigenvalue weighted by atomic mass is 10.0. The number of hydrogen-bond acceptors (Lipinski definition) is 4. The van der Waals surface area contributed by atoms with Crippen molar-refractivity contribution >= 4 is 40.7 Å². The summed E-state index contributed by atoms with van der Waals surface area (Å²) in [5.41, 5.74) is 0.536. The zero-order valence-electron chi connectivity index (χ0n) is 17.1. The smallest absolute Gasteiger partial charge is 0.407 e. The number of alkyl carbamates (subject to hydrolysis) is 1. The van der Waals surface area contributed by atoms with E-state index < -0.39 is 17.2 Å². The van der Waals surface area contributed by atoms with Crippen LogP contribution >= 0.6 is 12.2 Å². The maximum atomic E-state index is 13.0. The molecule has 0 bridgehead atoms. The van der Waals surface area contributed by atoms with Crippen LogP contribution in [0.15, 0.2) is 18.2 Å².